The lowest BCUT2D eigenvalue weighted by Crippen LogP contribution is -2.23. The number of hydrogen-bond acceptors (Lipinski definition) is 13. The van der Waals surface area contributed by atoms with E-state index in [4.69, 9.17) is 14.9 Å². The van der Waals surface area contributed by atoms with Gasteiger partial charge in [0.25, 0.3) is 11.8 Å². The number of ether oxygens (including phenoxy) is 1. The monoisotopic (exact) mass is 724 g/mol. The van der Waals surface area contributed by atoms with Crippen LogP contribution >= 0.6 is 0 Å². The van der Waals surface area contributed by atoms with Crippen molar-refractivity contribution in [2.45, 2.75) is 6.54 Å². The second-order valence-corrected chi connectivity index (χ2v) is 11.1. The number of phenols is 6. The molecule has 0 aliphatic rings. The lowest BCUT2D eigenvalue weighted by molar-refractivity contribution is 0.0682. The molecule has 17 nitrogen and oxygen atoms in total. The Morgan fingerprint density at radius 1 is 0.604 bits per heavy atom. The first kappa shape index (κ1) is 36.5. The van der Waals surface area contributed by atoms with Crippen molar-refractivity contribution >= 4 is 51.2 Å². The molecule has 0 aliphatic carbocycles. The molecule has 10 N–H and O–H groups in total. The SMILES string of the molecule is COc1cc(NC(=O)c2ccc3ccc(C(=O)O)c(O)c3n2)cc(O)c1O.O=C(NCc1ccc(O)c(O)c1)c1ccc2ccc(C(=O)O)c(O)c2n1. The Balaban J connectivity index is 0.000000204. The largest absolute Gasteiger partial charge is 0.505 e. The molecule has 0 spiro atoms. The van der Waals surface area contributed by atoms with E-state index in [1.807, 2.05) is 0 Å². The maximum Gasteiger partial charge on any atom is 0.339 e. The number of phenolic OH excluding ortho intramolecular Hbond substituents is 4. The van der Waals surface area contributed by atoms with Gasteiger partial charge in [-0.25, -0.2) is 19.6 Å². The highest BCUT2D eigenvalue weighted by atomic mass is 16.5. The molecule has 270 valence electrons. The minimum absolute atomic E-state index is 0.00154. The Kier molecular flexibility index (Phi) is 10.3. The van der Waals surface area contributed by atoms with E-state index in [0.717, 1.165) is 6.07 Å². The Morgan fingerprint density at radius 2 is 1.13 bits per heavy atom. The molecule has 0 saturated heterocycles. The van der Waals surface area contributed by atoms with Crippen LogP contribution in [-0.4, -0.2) is 81.7 Å². The van der Waals surface area contributed by atoms with Crippen LogP contribution in [0.5, 0.6) is 40.2 Å². The highest BCUT2D eigenvalue weighted by Gasteiger charge is 2.18. The maximum atomic E-state index is 12.4. The van der Waals surface area contributed by atoms with Gasteiger partial charge in [0.15, 0.2) is 34.5 Å². The van der Waals surface area contributed by atoms with Crippen molar-refractivity contribution in [3.8, 4) is 40.2 Å². The number of carbonyl (C=O) groups excluding carboxylic acids is 2. The number of aromatic hydroxyl groups is 6. The van der Waals surface area contributed by atoms with E-state index in [1.165, 1.54) is 73.8 Å². The van der Waals surface area contributed by atoms with E-state index in [1.54, 1.807) is 6.07 Å². The molecule has 0 radical (unpaired) electrons. The summed E-state index contributed by atoms with van der Waals surface area (Å²) in [6.07, 6.45) is 0. The molecule has 0 bridgehead atoms. The standard InChI is InChI=1S/C18H14N2O7.C18H14N2O6/c1-27-13-7-9(6-12(21)16(13)23)19-17(24)11-5-3-8-2-4-10(18(25)26)15(22)14(8)20-11;21-13-6-1-9(7-14(13)22)8-19-17(24)12-5-3-10-2-4-11(18(25)26)16(23)15(10)20-12/h2-7,21-23H,1H3,(H,19,24)(H,25,26);1-7,21-23H,8H2,(H,19,24)(H,25,26). The number of aromatic carboxylic acids is 2. The molecule has 2 heterocycles. The fourth-order valence-electron chi connectivity index (χ4n) is 4.91. The van der Waals surface area contributed by atoms with Gasteiger partial charge < -0.3 is 56.2 Å². The van der Waals surface area contributed by atoms with E-state index < -0.39 is 46.8 Å². The van der Waals surface area contributed by atoms with Crippen LogP contribution in [-0.2, 0) is 6.54 Å². The first-order valence-electron chi connectivity index (χ1n) is 15.1. The van der Waals surface area contributed by atoms with Crippen molar-refractivity contribution in [1.29, 1.82) is 0 Å². The average Bonchev–Trinajstić information content (AvgIpc) is 3.13. The zero-order valence-electron chi connectivity index (χ0n) is 27.2. The normalized spacial score (nSPS) is 10.6. The molecule has 4 aromatic carbocycles. The minimum atomic E-state index is -1.32. The first-order valence-corrected chi connectivity index (χ1v) is 15.1. The van der Waals surface area contributed by atoms with Gasteiger partial charge in [-0.15, -0.1) is 0 Å². The van der Waals surface area contributed by atoms with Gasteiger partial charge in [-0.3, -0.25) is 9.59 Å². The van der Waals surface area contributed by atoms with Crippen LogP contribution in [0, 0.1) is 0 Å². The molecular formula is C36H28N4O13. The zero-order valence-corrected chi connectivity index (χ0v) is 27.2. The number of carbonyl (C=O) groups is 4. The second-order valence-electron chi connectivity index (χ2n) is 11.1. The summed E-state index contributed by atoms with van der Waals surface area (Å²) < 4.78 is 4.90. The fourth-order valence-corrected chi connectivity index (χ4v) is 4.91. The van der Waals surface area contributed by atoms with Gasteiger partial charge in [0.2, 0.25) is 5.75 Å². The summed E-state index contributed by atoms with van der Waals surface area (Å²) in [4.78, 5) is 55.0. The molecule has 0 atom stereocenters. The van der Waals surface area contributed by atoms with Crippen LogP contribution in [0.4, 0.5) is 5.69 Å². The van der Waals surface area contributed by atoms with Gasteiger partial charge >= 0.3 is 11.9 Å². The Morgan fingerprint density at radius 3 is 1.64 bits per heavy atom. The number of nitrogens with zero attached hydrogens (tertiary/aromatic N) is 2. The van der Waals surface area contributed by atoms with Crippen molar-refractivity contribution in [3.63, 3.8) is 0 Å². The van der Waals surface area contributed by atoms with Crippen LogP contribution < -0.4 is 15.4 Å². The van der Waals surface area contributed by atoms with Crippen molar-refractivity contribution in [3.05, 3.63) is 107 Å². The molecular weight excluding hydrogens is 696 g/mol. The van der Waals surface area contributed by atoms with Crippen LogP contribution in [0.25, 0.3) is 21.8 Å². The molecule has 6 rings (SSSR count). The number of hydrogen-bond donors (Lipinski definition) is 10. The van der Waals surface area contributed by atoms with E-state index in [9.17, 15) is 49.8 Å². The average molecular weight is 725 g/mol. The number of rotatable bonds is 8. The summed E-state index contributed by atoms with van der Waals surface area (Å²) in [5, 5.41) is 82.3. The predicted octanol–water partition coefficient (Wildman–Crippen LogP) is 4.29. The molecule has 2 aromatic heterocycles. The number of carboxylic acids is 2. The number of methoxy groups -OCH3 is 1. The third kappa shape index (κ3) is 7.83. The van der Waals surface area contributed by atoms with Gasteiger partial charge in [0, 0.05) is 35.1 Å². The minimum Gasteiger partial charge on any atom is -0.505 e. The molecule has 0 saturated carbocycles. The fraction of sp³-hybridized carbons (Fsp3) is 0.0556. The zero-order chi connectivity index (χ0) is 38.6. The predicted molar refractivity (Wildman–Crippen MR) is 186 cm³/mol. The van der Waals surface area contributed by atoms with Gasteiger partial charge in [-0.1, -0.05) is 30.3 Å². The summed E-state index contributed by atoms with van der Waals surface area (Å²) in [6, 6.07) is 17.9. The van der Waals surface area contributed by atoms with Gasteiger partial charge in [0.1, 0.15) is 33.5 Å². The second kappa shape index (κ2) is 15.0. The smallest absolute Gasteiger partial charge is 0.339 e. The molecule has 6 aromatic rings. The Bertz CT molecular complexity index is 2450. The molecule has 2 amide bonds. The summed E-state index contributed by atoms with van der Waals surface area (Å²) in [5.41, 5.74) is -0.0513. The van der Waals surface area contributed by atoms with Crippen LogP contribution in [0.2, 0.25) is 0 Å². The van der Waals surface area contributed by atoms with Crippen molar-refractivity contribution in [1.82, 2.24) is 15.3 Å². The van der Waals surface area contributed by atoms with E-state index in [-0.39, 0.29) is 63.0 Å². The highest BCUT2D eigenvalue weighted by Crippen LogP contribution is 2.38. The summed E-state index contributed by atoms with van der Waals surface area (Å²) in [6.45, 7) is 0.0769. The topological polar surface area (TPSA) is 289 Å². The van der Waals surface area contributed by atoms with Gasteiger partial charge in [-0.05, 0) is 42.0 Å². The third-order valence-electron chi connectivity index (χ3n) is 7.62. The molecule has 53 heavy (non-hydrogen) atoms. The maximum absolute atomic E-state index is 12.4. The molecule has 0 fully saturated rings. The number of pyridine rings is 2. The summed E-state index contributed by atoms with van der Waals surface area (Å²) in [5.74, 6) is -6.44. The number of carboxylic acid groups (broad SMARTS) is 2. The number of nitrogens with one attached hydrogen (secondary N) is 2. The van der Waals surface area contributed by atoms with E-state index in [2.05, 4.69) is 20.6 Å². The number of amides is 2. The molecule has 0 unspecified atom stereocenters. The van der Waals surface area contributed by atoms with E-state index >= 15 is 0 Å². The third-order valence-corrected chi connectivity index (χ3v) is 7.62. The number of fused-ring (bicyclic) bond motifs is 2. The summed E-state index contributed by atoms with van der Waals surface area (Å²) in [7, 11) is 1.29. The molecule has 0 aliphatic heterocycles. The van der Waals surface area contributed by atoms with Crippen molar-refractivity contribution in [2.75, 3.05) is 12.4 Å². The number of benzene rings is 4. The lowest BCUT2D eigenvalue weighted by Gasteiger charge is -2.10. The van der Waals surface area contributed by atoms with Crippen LogP contribution in [0.1, 0.15) is 47.3 Å². The molecule has 17 heteroatoms. The quantitative estimate of drug-likeness (QED) is 0.0774. The van der Waals surface area contributed by atoms with Crippen molar-refractivity contribution in [2.24, 2.45) is 0 Å². The highest BCUT2D eigenvalue weighted by molar-refractivity contribution is 6.06. The number of anilines is 1. The van der Waals surface area contributed by atoms with Crippen LogP contribution in [0.3, 0.4) is 0 Å². The number of aromatic nitrogens is 2. The summed E-state index contributed by atoms with van der Waals surface area (Å²) >= 11 is 0. The van der Waals surface area contributed by atoms with Crippen LogP contribution in [0.15, 0.2) is 78.9 Å². The van der Waals surface area contributed by atoms with Crippen molar-refractivity contribution < 1.29 is 64.8 Å². The first-order chi connectivity index (χ1) is 25.2. The lowest BCUT2D eigenvalue weighted by atomic mass is 10.1. The van der Waals surface area contributed by atoms with E-state index in [0.29, 0.717) is 16.3 Å². The van der Waals surface area contributed by atoms with Gasteiger partial charge in [0.05, 0.1) is 7.11 Å². The van der Waals surface area contributed by atoms with Gasteiger partial charge in [-0.2, -0.15) is 0 Å². The Labute approximate surface area is 297 Å². The Hall–Kier alpha value is -7.82.